The zero-order valence-electron chi connectivity index (χ0n) is 9.74. The minimum atomic E-state index is 0.820. The number of aromatic nitrogens is 1. The van der Waals surface area contributed by atoms with Crippen molar-refractivity contribution in [1.82, 2.24) is 10.3 Å². The van der Waals surface area contributed by atoms with Gasteiger partial charge in [-0.05, 0) is 37.6 Å². The Morgan fingerprint density at radius 3 is 2.88 bits per heavy atom. The largest absolute Gasteiger partial charge is 0.311 e. The highest BCUT2D eigenvalue weighted by atomic mass is 35.5. The minimum Gasteiger partial charge on any atom is -0.311 e. The lowest BCUT2D eigenvalue weighted by Crippen LogP contribution is -2.17. The summed E-state index contributed by atoms with van der Waals surface area (Å²) in [4.78, 5) is 5.76. The van der Waals surface area contributed by atoms with E-state index in [1.807, 2.05) is 31.2 Å². The number of nitrogens with one attached hydrogen (secondary N) is 1. The average molecular weight is 267 g/mol. The van der Waals surface area contributed by atoms with Crippen molar-refractivity contribution >= 4 is 22.9 Å². The van der Waals surface area contributed by atoms with Crippen molar-refractivity contribution in [3.8, 4) is 0 Å². The lowest BCUT2D eigenvalue weighted by molar-refractivity contribution is 0.676. The molecule has 4 heteroatoms. The molecule has 0 aromatic carbocycles. The van der Waals surface area contributed by atoms with Crippen molar-refractivity contribution in [1.29, 1.82) is 0 Å². The van der Waals surface area contributed by atoms with Crippen LogP contribution in [0.3, 0.4) is 0 Å². The van der Waals surface area contributed by atoms with Gasteiger partial charge in [0.15, 0.2) is 0 Å². The van der Waals surface area contributed by atoms with Crippen LogP contribution < -0.4 is 5.32 Å². The molecule has 0 atom stereocenters. The highest BCUT2D eigenvalue weighted by Gasteiger charge is 1.98. The van der Waals surface area contributed by atoms with Gasteiger partial charge in [0, 0.05) is 23.7 Å². The molecule has 1 N–H and O–H groups in total. The van der Waals surface area contributed by atoms with Gasteiger partial charge in [-0.2, -0.15) is 0 Å². The second kappa shape index (κ2) is 6.15. The molecule has 0 saturated carbocycles. The second-order valence-electron chi connectivity index (χ2n) is 3.90. The van der Waals surface area contributed by atoms with Crippen LogP contribution in [0.5, 0.6) is 0 Å². The van der Waals surface area contributed by atoms with Crippen LogP contribution in [0.4, 0.5) is 0 Å². The maximum absolute atomic E-state index is 5.87. The molecule has 2 rings (SSSR count). The molecule has 2 heterocycles. The Labute approximate surface area is 111 Å². The number of thiophene rings is 1. The van der Waals surface area contributed by atoms with E-state index in [9.17, 15) is 0 Å². The molecule has 0 bridgehead atoms. The van der Waals surface area contributed by atoms with Crippen LogP contribution in [0.25, 0.3) is 0 Å². The normalized spacial score (nSPS) is 10.7. The summed E-state index contributed by atoms with van der Waals surface area (Å²) in [6.07, 6.45) is 1.02. The molecular weight excluding hydrogens is 252 g/mol. The summed E-state index contributed by atoms with van der Waals surface area (Å²) >= 11 is 7.52. The molecule has 0 radical (unpaired) electrons. The molecule has 0 amide bonds. The Kier molecular flexibility index (Phi) is 4.54. The van der Waals surface area contributed by atoms with Gasteiger partial charge < -0.3 is 5.32 Å². The van der Waals surface area contributed by atoms with E-state index < -0.39 is 0 Å². The van der Waals surface area contributed by atoms with E-state index in [2.05, 4.69) is 16.4 Å². The number of nitrogens with zero attached hydrogens (tertiary/aromatic N) is 1. The Balaban J connectivity index is 1.73. The first-order valence-electron chi connectivity index (χ1n) is 5.61. The first-order chi connectivity index (χ1) is 8.24. The number of aryl methyl sites for hydroxylation is 1. The molecule has 90 valence electrons. The number of hydrogen-bond donors (Lipinski definition) is 1. The van der Waals surface area contributed by atoms with Crippen molar-refractivity contribution in [2.45, 2.75) is 19.9 Å². The van der Waals surface area contributed by atoms with Crippen molar-refractivity contribution < 1.29 is 0 Å². The molecule has 0 unspecified atom stereocenters. The molecule has 0 saturated heterocycles. The molecule has 2 aromatic rings. The third-order valence-corrected chi connectivity index (χ3v) is 3.72. The zero-order valence-corrected chi connectivity index (χ0v) is 11.3. The number of rotatable bonds is 5. The predicted octanol–water partition coefficient (Wildman–Crippen LogP) is 3.44. The van der Waals surface area contributed by atoms with Crippen molar-refractivity contribution in [2.24, 2.45) is 0 Å². The van der Waals surface area contributed by atoms with Crippen LogP contribution >= 0.6 is 22.9 Å². The molecule has 0 aliphatic heterocycles. The van der Waals surface area contributed by atoms with Gasteiger partial charge in [-0.15, -0.1) is 11.3 Å². The van der Waals surface area contributed by atoms with Gasteiger partial charge in [-0.1, -0.05) is 17.7 Å². The van der Waals surface area contributed by atoms with E-state index in [4.69, 9.17) is 11.6 Å². The minimum absolute atomic E-state index is 0.820. The summed E-state index contributed by atoms with van der Waals surface area (Å²) in [7, 11) is 0. The Morgan fingerprint density at radius 1 is 1.29 bits per heavy atom. The van der Waals surface area contributed by atoms with Crippen LogP contribution in [0, 0.1) is 6.92 Å². The smallest absolute Gasteiger partial charge is 0.0931 e. The van der Waals surface area contributed by atoms with E-state index in [1.54, 1.807) is 11.3 Å². The fraction of sp³-hybridized carbons (Fsp3) is 0.308. The molecule has 0 spiro atoms. The van der Waals surface area contributed by atoms with E-state index in [0.717, 1.165) is 35.2 Å². The van der Waals surface area contributed by atoms with Gasteiger partial charge in [-0.3, -0.25) is 4.98 Å². The number of pyridine rings is 1. The van der Waals surface area contributed by atoms with Crippen molar-refractivity contribution in [2.75, 3.05) is 6.54 Å². The fourth-order valence-electron chi connectivity index (χ4n) is 1.61. The second-order valence-corrected chi connectivity index (χ2v) is 5.70. The highest BCUT2D eigenvalue weighted by molar-refractivity contribution is 7.16. The summed E-state index contributed by atoms with van der Waals surface area (Å²) in [6, 6.07) is 10.1. The highest BCUT2D eigenvalue weighted by Crippen LogP contribution is 2.21. The first kappa shape index (κ1) is 12.6. The molecule has 2 aromatic heterocycles. The van der Waals surface area contributed by atoms with Crippen LogP contribution in [0.15, 0.2) is 30.3 Å². The van der Waals surface area contributed by atoms with E-state index >= 15 is 0 Å². The third kappa shape index (κ3) is 4.11. The summed E-state index contributed by atoms with van der Waals surface area (Å²) in [6.45, 7) is 3.78. The van der Waals surface area contributed by atoms with E-state index in [-0.39, 0.29) is 0 Å². The maximum Gasteiger partial charge on any atom is 0.0931 e. The monoisotopic (exact) mass is 266 g/mol. The lowest BCUT2D eigenvalue weighted by Gasteiger charge is -2.04. The predicted molar refractivity (Wildman–Crippen MR) is 73.7 cm³/mol. The SMILES string of the molecule is Cc1cccc(CNCCc2ccc(Cl)s2)n1. The van der Waals surface area contributed by atoms with Crippen molar-refractivity contribution in [3.63, 3.8) is 0 Å². The number of halogens is 1. The van der Waals surface area contributed by atoms with E-state index in [0.29, 0.717) is 0 Å². The van der Waals surface area contributed by atoms with Gasteiger partial charge in [0.1, 0.15) is 0 Å². The quantitative estimate of drug-likeness (QED) is 0.839. The standard InChI is InChI=1S/C13H15ClN2S/c1-10-3-2-4-11(16-10)9-15-8-7-12-5-6-13(14)17-12/h2-6,15H,7-9H2,1H3. The molecule has 0 fully saturated rings. The summed E-state index contributed by atoms with van der Waals surface area (Å²) in [5.74, 6) is 0. The Hall–Kier alpha value is -0.900. The fourth-order valence-corrected chi connectivity index (χ4v) is 2.70. The molecule has 0 aliphatic carbocycles. The van der Waals surface area contributed by atoms with Gasteiger partial charge in [0.05, 0.1) is 10.0 Å². The van der Waals surface area contributed by atoms with Crippen LogP contribution in [0.2, 0.25) is 4.34 Å². The Bertz CT molecular complexity index is 482. The van der Waals surface area contributed by atoms with Crippen LogP contribution in [-0.4, -0.2) is 11.5 Å². The lowest BCUT2D eigenvalue weighted by atomic mass is 10.3. The maximum atomic E-state index is 5.87. The average Bonchev–Trinajstić information content (AvgIpc) is 2.71. The van der Waals surface area contributed by atoms with E-state index in [1.165, 1.54) is 4.88 Å². The molecule has 2 nitrogen and oxygen atoms in total. The van der Waals surface area contributed by atoms with Gasteiger partial charge in [0.25, 0.3) is 0 Å². The van der Waals surface area contributed by atoms with Crippen LogP contribution in [-0.2, 0) is 13.0 Å². The van der Waals surface area contributed by atoms with Gasteiger partial charge >= 0.3 is 0 Å². The molecular formula is C13H15ClN2S. The molecule has 17 heavy (non-hydrogen) atoms. The van der Waals surface area contributed by atoms with Crippen molar-refractivity contribution in [3.05, 3.63) is 50.9 Å². The first-order valence-corrected chi connectivity index (χ1v) is 6.81. The zero-order chi connectivity index (χ0) is 12.1. The molecule has 0 aliphatic rings. The third-order valence-electron chi connectivity index (χ3n) is 2.43. The summed E-state index contributed by atoms with van der Waals surface area (Å²) < 4.78 is 0.861. The van der Waals surface area contributed by atoms with Gasteiger partial charge in [0.2, 0.25) is 0 Å². The number of hydrogen-bond acceptors (Lipinski definition) is 3. The Morgan fingerprint density at radius 2 is 2.18 bits per heavy atom. The topological polar surface area (TPSA) is 24.9 Å². The van der Waals surface area contributed by atoms with Gasteiger partial charge in [-0.25, -0.2) is 0 Å². The van der Waals surface area contributed by atoms with Crippen LogP contribution in [0.1, 0.15) is 16.3 Å². The summed E-state index contributed by atoms with van der Waals surface area (Å²) in [5.41, 5.74) is 2.16. The summed E-state index contributed by atoms with van der Waals surface area (Å²) in [5, 5.41) is 3.39.